The van der Waals surface area contributed by atoms with Crippen LogP contribution < -0.4 is 0 Å². The molecule has 0 amide bonds. The van der Waals surface area contributed by atoms with Gasteiger partial charge in [-0.1, -0.05) is 0 Å². The highest BCUT2D eigenvalue weighted by Crippen LogP contribution is 1.98. The Bertz CT molecular complexity index is 157. The van der Waals surface area contributed by atoms with E-state index in [1.54, 1.807) is 0 Å². The van der Waals surface area contributed by atoms with Gasteiger partial charge in [-0.15, -0.1) is 0 Å². The molecular weight excluding hydrogens is 198 g/mol. The molecule has 0 aliphatic heterocycles. The molecule has 0 aromatic heterocycles. The summed E-state index contributed by atoms with van der Waals surface area (Å²) in [6.45, 7) is 4.98. The van der Waals surface area contributed by atoms with Crippen LogP contribution in [0.3, 0.4) is 0 Å². The van der Waals surface area contributed by atoms with E-state index in [1.807, 2.05) is 0 Å². The molecule has 16 heavy (non-hydrogen) atoms. The second-order valence-electron chi connectivity index (χ2n) is 7.04. The minimum absolute atomic E-state index is 1.08. The standard InChI is InChI=1S/C13H33N3/c1-14(10-8-12-15(2,3)4)11-9-13-16(5,6)7/h8-13H2,1-7H3/q+2. The van der Waals surface area contributed by atoms with Gasteiger partial charge in [0.05, 0.1) is 55.4 Å². The number of hydrogen-bond acceptors (Lipinski definition) is 1. The van der Waals surface area contributed by atoms with Gasteiger partial charge in [-0.05, 0) is 7.05 Å². The lowest BCUT2D eigenvalue weighted by atomic mass is 10.3. The molecule has 0 fully saturated rings. The number of rotatable bonds is 8. The van der Waals surface area contributed by atoms with E-state index >= 15 is 0 Å². The van der Waals surface area contributed by atoms with Crippen molar-refractivity contribution in [2.45, 2.75) is 12.8 Å². The lowest BCUT2D eigenvalue weighted by Crippen LogP contribution is -2.38. The first-order chi connectivity index (χ1) is 7.10. The molecule has 0 aromatic carbocycles. The highest BCUT2D eigenvalue weighted by atomic mass is 15.3. The van der Waals surface area contributed by atoms with Crippen molar-refractivity contribution in [3.8, 4) is 0 Å². The highest BCUT2D eigenvalue weighted by molar-refractivity contribution is 4.51. The molecule has 0 saturated heterocycles. The molecule has 3 heteroatoms. The van der Waals surface area contributed by atoms with Crippen LogP contribution in [-0.2, 0) is 0 Å². The van der Waals surface area contributed by atoms with E-state index in [1.165, 1.54) is 39.0 Å². The smallest absolute Gasteiger partial charge is 0.0792 e. The Morgan fingerprint density at radius 3 is 1.25 bits per heavy atom. The second kappa shape index (κ2) is 6.58. The van der Waals surface area contributed by atoms with Crippen molar-refractivity contribution in [3.63, 3.8) is 0 Å². The fraction of sp³-hybridized carbons (Fsp3) is 1.00. The summed E-state index contributed by atoms with van der Waals surface area (Å²) < 4.78 is 2.15. The van der Waals surface area contributed by atoms with Crippen LogP contribution in [0.5, 0.6) is 0 Å². The highest BCUT2D eigenvalue weighted by Gasteiger charge is 2.09. The molecule has 0 heterocycles. The summed E-state index contributed by atoms with van der Waals surface area (Å²) in [7, 11) is 15.8. The van der Waals surface area contributed by atoms with E-state index in [9.17, 15) is 0 Å². The topological polar surface area (TPSA) is 3.24 Å². The van der Waals surface area contributed by atoms with Crippen molar-refractivity contribution < 1.29 is 8.97 Å². The van der Waals surface area contributed by atoms with Gasteiger partial charge in [-0.2, -0.15) is 0 Å². The molecule has 0 aromatic rings. The molecule has 0 aliphatic carbocycles. The fourth-order valence-corrected chi connectivity index (χ4v) is 1.74. The molecule has 0 spiro atoms. The summed E-state index contributed by atoms with van der Waals surface area (Å²) in [5.74, 6) is 0. The zero-order valence-corrected chi connectivity index (χ0v) is 12.6. The molecule has 98 valence electrons. The summed E-state index contributed by atoms with van der Waals surface area (Å²) in [5.41, 5.74) is 0. The van der Waals surface area contributed by atoms with Crippen LogP contribution in [0.1, 0.15) is 12.8 Å². The first-order valence-electron chi connectivity index (χ1n) is 6.40. The number of nitrogens with zero attached hydrogens (tertiary/aromatic N) is 3. The summed E-state index contributed by atoms with van der Waals surface area (Å²) in [6.07, 6.45) is 2.59. The van der Waals surface area contributed by atoms with Crippen LogP contribution in [0.15, 0.2) is 0 Å². The van der Waals surface area contributed by atoms with Crippen molar-refractivity contribution in [1.29, 1.82) is 0 Å². The predicted octanol–water partition coefficient (Wildman–Crippen LogP) is 1.11. The molecule has 0 saturated carbocycles. The first-order valence-corrected chi connectivity index (χ1v) is 6.40. The van der Waals surface area contributed by atoms with Gasteiger partial charge in [0.25, 0.3) is 0 Å². The molecule has 3 nitrogen and oxygen atoms in total. The normalized spacial score (nSPS) is 13.5. The average molecular weight is 231 g/mol. The second-order valence-corrected chi connectivity index (χ2v) is 7.04. The van der Waals surface area contributed by atoms with Crippen molar-refractivity contribution >= 4 is 0 Å². The van der Waals surface area contributed by atoms with E-state index in [0.717, 1.165) is 8.97 Å². The maximum absolute atomic E-state index is 2.46. The monoisotopic (exact) mass is 231 g/mol. The third-order valence-corrected chi connectivity index (χ3v) is 2.74. The molecule has 0 bridgehead atoms. The Kier molecular flexibility index (Phi) is 6.53. The van der Waals surface area contributed by atoms with Crippen LogP contribution in [0.4, 0.5) is 0 Å². The summed E-state index contributed by atoms with van der Waals surface area (Å²) >= 11 is 0. The van der Waals surface area contributed by atoms with E-state index in [0.29, 0.717) is 0 Å². The first kappa shape index (κ1) is 15.9. The van der Waals surface area contributed by atoms with Gasteiger partial charge >= 0.3 is 0 Å². The third kappa shape index (κ3) is 12.0. The molecule has 0 rings (SSSR count). The molecule has 0 aliphatic rings. The summed E-state index contributed by atoms with van der Waals surface area (Å²) in [6, 6.07) is 0. The Labute approximate surface area is 103 Å². The van der Waals surface area contributed by atoms with E-state index in [4.69, 9.17) is 0 Å². The van der Waals surface area contributed by atoms with E-state index < -0.39 is 0 Å². The Balaban J connectivity index is 3.49. The largest absolute Gasteiger partial charge is 0.331 e. The van der Waals surface area contributed by atoms with Gasteiger partial charge in [-0.25, -0.2) is 0 Å². The van der Waals surface area contributed by atoms with Crippen molar-refractivity contribution in [2.24, 2.45) is 0 Å². The van der Waals surface area contributed by atoms with Gasteiger partial charge in [0.2, 0.25) is 0 Å². The van der Waals surface area contributed by atoms with Gasteiger partial charge < -0.3 is 13.9 Å². The molecular formula is C13H33N3+2. The van der Waals surface area contributed by atoms with Gasteiger partial charge in [0.1, 0.15) is 0 Å². The van der Waals surface area contributed by atoms with Crippen LogP contribution in [0.2, 0.25) is 0 Å². The lowest BCUT2D eigenvalue weighted by molar-refractivity contribution is -0.870. The molecule has 0 unspecified atom stereocenters. The summed E-state index contributed by atoms with van der Waals surface area (Å²) in [4.78, 5) is 2.46. The zero-order chi connectivity index (χ0) is 12.8. The maximum Gasteiger partial charge on any atom is 0.0792 e. The molecule has 0 N–H and O–H groups in total. The summed E-state index contributed by atoms with van der Waals surface area (Å²) in [5, 5.41) is 0. The minimum Gasteiger partial charge on any atom is -0.331 e. The van der Waals surface area contributed by atoms with Gasteiger partial charge in [0.15, 0.2) is 0 Å². The van der Waals surface area contributed by atoms with Crippen molar-refractivity contribution in [3.05, 3.63) is 0 Å². The van der Waals surface area contributed by atoms with Crippen LogP contribution >= 0.6 is 0 Å². The zero-order valence-electron chi connectivity index (χ0n) is 12.6. The van der Waals surface area contributed by atoms with Gasteiger partial charge in [0, 0.05) is 25.9 Å². The Hall–Kier alpha value is -0.120. The molecule has 0 radical (unpaired) electrons. The number of hydrogen-bond donors (Lipinski definition) is 0. The van der Waals surface area contributed by atoms with Crippen LogP contribution in [0.25, 0.3) is 0 Å². The predicted molar refractivity (Wildman–Crippen MR) is 72.5 cm³/mol. The van der Waals surface area contributed by atoms with E-state index in [2.05, 4.69) is 54.2 Å². The average Bonchev–Trinajstić information content (AvgIpc) is 1.98. The lowest BCUT2D eigenvalue weighted by Gasteiger charge is -2.27. The maximum atomic E-state index is 2.46. The van der Waals surface area contributed by atoms with Crippen molar-refractivity contribution in [2.75, 3.05) is 75.5 Å². The minimum atomic E-state index is 1.08. The van der Waals surface area contributed by atoms with Crippen molar-refractivity contribution in [1.82, 2.24) is 4.90 Å². The van der Waals surface area contributed by atoms with Crippen LogP contribution in [0, 0.1) is 0 Å². The SMILES string of the molecule is CN(CCC[N+](C)(C)C)CCC[N+](C)(C)C. The van der Waals surface area contributed by atoms with E-state index in [-0.39, 0.29) is 0 Å². The molecule has 0 atom stereocenters. The van der Waals surface area contributed by atoms with Gasteiger partial charge in [-0.3, -0.25) is 0 Å². The number of quaternary nitrogens is 2. The quantitative estimate of drug-likeness (QED) is 0.566. The Morgan fingerprint density at radius 1 is 0.688 bits per heavy atom. The van der Waals surface area contributed by atoms with Crippen LogP contribution in [-0.4, -0.2) is 89.4 Å². The fourth-order valence-electron chi connectivity index (χ4n) is 1.74. The Morgan fingerprint density at radius 2 is 1.00 bits per heavy atom. The third-order valence-electron chi connectivity index (χ3n) is 2.74.